The second-order valence-electron chi connectivity index (χ2n) is 41.6. The predicted molar refractivity (Wildman–Crippen MR) is 633 cm³/mol. The zero-order valence-corrected chi connectivity index (χ0v) is 87.5. The van der Waals surface area contributed by atoms with Gasteiger partial charge in [0.15, 0.2) is 0 Å². The highest BCUT2D eigenvalue weighted by atomic mass is 15.0. The van der Waals surface area contributed by atoms with Crippen LogP contribution < -0.4 is 0 Å². The number of nitrogens with zero attached hydrogens (tertiary/aromatic N) is 2. The lowest BCUT2D eigenvalue weighted by molar-refractivity contribution is 0.761. The number of para-hydroxylation sites is 2. The molecule has 0 aliphatic heterocycles. The fourth-order valence-electron chi connectivity index (χ4n) is 25.3. The maximum atomic E-state index is 2.38. The molecule has 28 rings (SSSR count). The lowest BCUT2D eigenvalue weighted by atomic mass is 9.66. The quantitative estimate of drug-likeness (QED) is 0.129. The van der Waals surface area contributed by atoms with Crippen LogP contribution in [0.3, 0.4) is 0 Å². The normalized spacial score (nSPS) is 13.1. The molecule has 724 valence electrons. The minimum atomic E-state index is -0.273. The minimum Gasteiger partial charge on any atom is -0.309 e. The van der Waals surface area contributed by atoms with Crippen molar-refractivity contribution in [3.8, 4) is 55.9 Å². The van der Waals surface area contributed by atoms with Crippen LogP contribution in [0.2, 0.25) is 0 Å². The summed E-state index contributed by atoms with van der Waals surface area (Å²) in [6.45, 7) is 26.2. The predicted octanol–water partition coefficient (Wildman–Crippen LogP) is 37.5. The van der Waals surface area contributed by atoms with Gasteiger partial charge in [0, 0.05) is 32.9 Å². The minimum absolute atomic E-state index is 0.269. The van der Waals surface area contributed by atoms with Crippen LogP contribution in [0.15, 0.2) is 522 Å². The van der Waals surface area contributed by atoms with Crippen LogP contribution in [0.4, 0.5) is 0 Å². The molecular formula is C148H122N2. The van der Waals surface area contributed by atoms with E-state index in [9.17, 15) is 0 Å². The maximum Gasteiger partial charge on any atom is 0.0716 e. The van der Waals surface area contributed by atoms with Gasteiger partial charge in [-0.25, -0.2) is 0 Å². The lowest BCUT2D eigenvalue weighted by Crippen LogP contribution is -2.29. The van der Waals surface area contributed by atoms with Gasteiger partial charge in [0.05, 0.1) is 43.7 Å². The Kier molecular flexibility index (Phi) is 25.6. The fraction of sp³-hybridized carbons (Fsp3) is 0.108. The summed E-state index contributed by atoms with van der Waals surface area (Å²) in [4.78, 5) is 0. The monoisotopic (exact) mass is 1930 g/mol. The summed E-state index contributed by atoms with van der Waals surface area (Å²) < 4.78 is 4.72. The topological polar surface area (TPSA) is 9.86 Å². The summed E-state index contributed by atoms with van der Waals surface area (Å²) in [6.07, 6.45) is 0. The van der Waals surface area contributed by atoms with Gasteiger partial charge in [0.2, 0.25) is 0 Å². The standard InChI is InChI=1S/4C27H22.2C20H17N/c1-19-14-16-21(17-15-19)27(22-9-7-8-20(2)18-22)25-12-5-3-10-23(25)24-11-4-6-13-26(24)27;1-19-11-15-21(16-12-19)27(22-17-13-20(2)14-18-22)25-9-5-3-7-23(25)24-8-4-6-10-26(24)27;1-19-16-17-23-25(18-19)27(21-11-5-3-6-12-21,22-13-7-4-8-14-22)24-15-9-10-20(2)26(23)24;1-19-17-18-20(2)26-25(19)23-15-9-10-16-24(23)27(26,21-11-5-3-6-12-21)22-13-7-4-8-14-22;1-14-8-10-19-17(12-14)18-13-15(2)9-11-20(18)21(19)16-6-4-3-5-7-16;1-14-8-10-17-18-11-9-15(2)13-20(18)21(19(17)12-14)16-6-4-3-5-7-16/h4*3-18H,1-2H3;2*3-13H,1-2H3. The second kappa shape index (κ2) is 40.0. The third-order valence-corrected chi connectivity index (χ3v) is 31.9. The SMILES string of the molecule is Cc1ccc(C)c2c1-c1ccccc1C2(c1ccccc1)c1ccccc1.Cc1ccc(C2(c3ccc(C)cc3)c3ccccc3-c3ccccc32)cc1.Cc1ccc(C2(c3cccc(C)c3)c3ccccc3-c3ccccc32)cc1.Cc1ccc2c(c1)C(c1ccccc1)(c1ccccc1)c1cccc(C)c1-2.Cc1ccc2c(c1)c1cc(C)ccc1n2-c1ccccc1.Cc1ccc2c3ccc(C)cc3n(-c3ccccc3)c2c1. The van der Waals surface area contributed by atoms with Gasteiger partial charge in [-0.3, -0.25) is 0 Å². The summed E-state index contributed by atoms with van der Waals surface area (Å²) in [6, 6.07) is 191. The van der Waals surface area contributed by atoms with Gasteiger partial charge in [-0.1, -0.05) is 500 Å². The molecule has 0 N–H and O–H groups in total. The summed E-state index contributed by atoms with van der Waals surface area (Å²) in [5, 5.41) is 5.30. The molecule has 0 amide bonds. The van der Waals surface area contributed by atoms with E-state index in [1.165, 1.54) is 255 Å². The summed E-state index contributed by atoms with van der Waals surface area (Å²) >= 11 is 0. The average Bonchev–Trinajstić information content (AvgIpc) is 1.53. The second-order valence-corrected chi connectivity index (χ2v) is 41.6. The Morgan fingerprint density at radius 2 is 0.413 bits per heavy atom. The van der Waals surface area contributed by atoms with Crippen molar-refractivity contribution in [2.75, 3.05) is 0 Å². The largest absolute Gasteiger partial charge is 0.309 e. The van der Waals surface area contributed by atoms with Crippen molar-refractivity contribution in [3.05, 3.63) is 677 Å². The highest BCUT2D eigenvalue weighted by molar-refractivity contribution is 6.11. The molecule has 0 atom stereocenters. The first-order valence-corrected chi connectivity index (χ1v) is 52.8. The van der Waals surface area contributed by atoms with E-state index < -0.39 is 0 Å². The lowest BCUT2D eigenvalue weighted by Gasteiger charge is -2.35. The molecule has 0 spiro atoms. The molecule has 2 nitrogen and oxygen atoms in total. The van der Waals surface area contributed by atoms with Crippen molar-refractivity contribution in [3.63, 3.8) is 0 Å². The first kappa shape index (κ1) is 95.9. The molecule has 4 aliphatic carbocycles. The Morgan fingerprint density at radius 3 is 0.827 bits per heavy atom. The molecular weight excluding hydrogens is 1810 g/mol. The van der Waals surface area contributed by atoms with E-state index in [0.717, 1.165) is 0 Å². The Balaban J connectivity index is 0.0000000989. The number of hydrogen-bond donors (Lipinski definition) is 0. The van der Waals surface area contributed by atoms with E-state index in [2.05, 4.69) is 614 Å². The van der Waals surface area contributed by atoms with Gasteiger partial charge >= 0.3 is 0 Å². The van der Waals surface area contributed by atoms with Crippen molar-refractivity contribution in [1.82, 2.24) is 9.13 Å². The molecule has 0 saturated carbocycles. The van der Waals surface area contributed by atoms with Crippen LogP contribution in [-0.4, -0.2) is 9.13 Å². The van der Waals surface area contributed by atoms with Crippen molar-refractivity contribution < 1.29 is 0 Å². The van der Waals surface area contributed by atoms with Gasteiger partial charge in [-0.05, 0) is 305 Å². The highest BCUT2D eigenvalue weighted by Crippen LogP contribution is 2.62. The fourth-order valence-corrected chi connectivity index (χ4v) is 25.3. The van der Waals surface area contributed by atoms with Gasteiger partial charge in [-0.2, -0.15) is 0 Å². The van der Waals surface area contributed by atoms with Crippen LogP contribution in [-0.2, 0) is 21.7 Å². The first-order valence-electron chi connectivity index (χ1n) is 52.8. The Labute approximate surface area is 884 Å². The zero-order chi connectivity index (χ0) is 103. The van der Waals surface area contributed by atoms with E-state index in [0.29, 0.717) is 0 Å². The van der Waals surface area contributed by atoms with E-state index in [1.54, 1.807) is 0 Å². The smallest absolute Gasteiger partial charge is 0.0716 e. The summed E-state index contributed by atoms with van der Waals surface area (Å²) in [5.74, 6) is 0. The van der Waals surface area contributed by atoms with Crippen molar-refractivity contribution in [2.24, 2.45) is 0 Å². The number of hydrogen-bond acceptors (Lipinski definition) is 0. The molecule has 0 fully saturated rings. The molecule has 0 saturated heterocycles. The molecule has 0 bridgehead atoms. The molecule has 2 heterocycles. The molecule has 4 aliphatic rings. The summed E-state index contributed by atoms with van der Waals surface area (Å²) in [7, 11) is 0. The van der Waals surface area contributed by atoms with E-state index in [-0.39, 0.29) is 21.7 Å². The van der Waals surface area contributed by atoms with Gasteiger partial charge in [0.1, 0.15) is 0 Å². The van der Waals surface area contributed by atoms with Gasteiger partial charge in [-0.15, -0.1) is 0 Å². The number of rotatable bonds is 10. The summed E-state index contributed by atoms with van der Waals surface area (Å²) in [5.41, 5.74) is 54.7. The van der Waals surface area contributed by atoms with Crippen LogP contribution >= 0.6 is 0 Å². The van der Waals surface area contributed by atoms with E-state index in [1.807, 2.05) is 0 Å². The third-order valence-electron chi connectivity index (χ3n) is 31.9. The Bertz CT molecular complexity index is 8800. The van der Waals surface area contributed by atoms with E-state index >= 15 is 0 Å². The van der Waals surface area contributed by atoms with Crippen molar-refractivity contribution in [2.45, 2.75) is 105 Å². The molecule has 2 aromatic heterocycles. The van der Waals surface area contributed by atoms with Gasteiger partial charge < -0.3 is 9.13 Å². The van der Waals surface area contributed by atoms with Crippen LogP contribution in [0.5, 0.6) is 0 Å². The molecule has 2 heteroatoms. The Morgan fingerprint density at radius 1 is 0.140 bits per heavy atom. The number of fused-ring (bicyclic) bond motifs is 18. The molecule has 0 radical (unpaired) electrons. The number of aryl methyl sites for hydroxylation is 12. The molecule has 150 heavy (non-hydrogen) atoms. The number of aromatic nitrogens is 2. The Hall–Kier alpha value is -17.6. The van der Waals surface area contributed by atoms with Crippen LogP contribution in [0.25, 0.3) is 99.5 Å². The molecule has 24 aromatic rings. The van der Waals surface area contributed by atoms with Crippen molar-refractivity contribution >= 4 is 43.6 Å². The van der Waals surface area contributed by atoms with Crippen LogP contribution in [0.1, 0.15) is 156 Å². The molecule has 22 aromatic carbocycles. The zero-order valence-electron chi connectivity index (χ0n) is 87.5. The van der Waals surface area contributed by atoms with Crippen molar-refractivity contribution in [1.29, 1.82) is 0 Å². The third kappa shape index (κ3) is 16.4. The van der Waals surface area contributed by atoms with Gasteiger partial charge in [0.25, 0.3) is 0 Å². The highest BCUT2D eigenvalue weighted by Gasteiger charge is 2.51. The van der Waals surface area contributed by atoms with E-state index in [4.69, 9.17) is 0 Å². The van der Waals surface area contributed by atoms with Crippen LogP contribution in [0, 0.1) is 83.1 Å². The molecule has 0 unspecified atom stereocenters. The first-order chi connectivity index (χ1) is 73.4. The number of benzene rings is 22. The maximum absolute atomic E-state index is 2.38. The average molecular weight is 1930 g/mol.